The second kappa shape index (κ2) is 11.5. The standard InChI is InChI=1S/C31H31FN4O3S/c1-34(2)27-15-8-23(9-16-27)20-35(29-18-19-40(38,39)22-29)30(37)17-12-25-21-36(28-6-4-3-5-7-28)33-31(25)24-10-13-26(32)14-11-24/h3-17,21,29H,18-20,22H2,1-2H3/b17-12+. The minimum atomic E-state index is -3.19. The zero-order valence-electron chi connectivity index (χ0n) is 22.4. The summed E-state index contributed by atoms with van der Waals surface area (Å²) in [6.07, 6.45) is 5.39. The van der Waals surface area contributed by atoms with Gasteiger partial charge in [0.2, 0.25) is 5.91 Å². The van der Waals surface area contributed by atoms with Crippen LogP contribution in [0.1, 0.15) is 17.5 Å². The highest BCUT2D eigenvalue weighted by Crippen LogP contribution is 2.26. The Kier molecular flexibility index (Phi) is 7.84. The number of anilines is 1. The summed E-state index contributed by atoms with van der Waals surface area (Å²) in [4.78, 5) is 17.3. The molecular formula is C31H31FN4O3S. The maximum atomic E-state index is 13.6. The quantitative estimate of drug-likeness (QED) is 0.286. The normalized spacial score (nSPS) is 16.3. The summed E-state index contributed by atoms with van der Waals surface area (Å²) < 4.78 is 39.9. The number of nitrogens with zero attached hydrogens (tertiary/aromatic N) is 4. The van der Waals surface area contributed by atoms with Crippen molar-refractivity contribution in [1.82, 2.24) is 14.7 Å². The highest BCUT2D eigenvalue weighted by molar-refractivity contribution is 7.91. The van der Waals surface area contributed by atoms with Crippen molar-refractivity contribution in [2.24, 2.45) is 0 Å². The van der Waals surface area contributed by atoms with E-state index in [0.29, 0.717) is 29.8 Å². The third-order valence-electron chi connectivity index (χ3n) is 7.02. The average molecular weight is 559 g/mol. The fourth-order valence-corrected chi connectivity index (χ4v) is 6.55. The van der Waals surface area contributed by atoms with E-state index in [1.54, 1.807) is 27.8 Å². The van der Waals surface area contributed by atoms with Crippen LogP contribution < -0.4 is 4.90 Å². The molecule has 3 aromatic carbocycles. The van der Waals surface area contributed by atoms with E-state index >= 15 is 0 Å². The van der Waals surface area contributed by atoms with Gasteiger partial charge in [0.05, 0.1) is 22.9 Å². The van der Waals surface area contributed by atoms with Crippen LogP contribution in [-0.4, -0.2) is 60.6 Å². The number of aromatic nitrogens is 2. The molecule has 4 aromatic rings. The smallest absolute Gasteiger partial charge is 0.247 e. The summed E-state index contributed by atoms with van der Waals surface area (Å²) in [7, 11) is 0.721. The second-order valence-electron chi connectivity index (χ2n) is 10.1. The van der Waals surface area contributed by atoms with Crippen molar-refractivity contribution in [1.29, 1.82) is 0 Å². The molecule has 9 heteroatoms. The van der Waals surface area contributed by atoms with E-state index in [-0.39, 0.29) is 23.2 Å². The Morgan fingerprint density at radius 2 is 1.73 bits per heavy atom. The van der Waals surface area contributed by atoms with Gasteiger partial charge in [-0.05, 0) is 66.6 Å². The van der Waals surface area contributed by atoms with Crippen LogP contribution in [0.3, 0.4) is 0 Å². The maximum Gasteiger partial charge on any atom is 0.247 e. The van der Waals surface area contributed by atoms with Gasteiger partial charge in [0.1, 0.15) is 5.82 Å². The molecule has 1 saturated heterocycles. The van der Waals surface area contributed by atoms with Crippen LogP contribution in [0, 0.1) is 5.82 Å². The first-order chi connectivity index (χ1) is 19.2. The van der Waals surface area contributed by atoms with Crippen LogP contribution in [0.2, 0.25) is 0 Å². The lowest BCUT2D eigenvalue weighted by Gasteiger charge is -2.27. The SMILES string of the molecule is CN(C)c1ccc(CN(C(=O)/C=C/c2cn(-c3ccccc3)nc2-c2ccc(F)cc2)C2CCS(=O)(=O)C2)cc1. The minimum absolute atomic E-state index is 0.0465. The van der Waals surface area contributed by atoms with Crippen molar-refractivity contribution in [2.45, 2.75) is 19.0 Å². The predicted octanol–water partition coefficient (Wildman–Crippen LogP) is 4.97. The predicted molar refractivity (Wildman–Crippen MR) is 156 cm³/mol. The molecule has 0 spiro atoms. The fourth-order valence-electron chi connectivity index (χ4n) is 4.82. The van der Waals surface area contributed by atoms with Gasteiger partial charge in [-0.3, -0.25) is 4.79 Å². The summed E-state index contributed by atoms with van der Waals surface area (Å²) in [6.45, 7) is 0.297. The highest BCUT2D eigenvalue weighted by Gasteiger charge is 2.34. The van der Waals surface area contributed by atoms with Gasteiger partial charge < -0.3 is 9.80 Å². The Balaban J connectivity index is 1.46. The number of sulfone groups is 1. The fraction of sp³-hybridized carbons (Fsp3) is 0.226. The van der Waals surface area contributed by atoms with Gasteiger partial charge >= 0.3 is 0 Å². The van der Waals surface area contributed by atoms with Gasteiger partial charge in [0.25, 0.3) is 0 Å². The molecule has 5 rings (SSSR count). The molecule has 1 amide bonds. The van der Waals surface area contributed by atoms with E-state index < -0.39 is 15.9 Å². The van der Waals surface area contributed by atoms with E-state index in [2.05, 4.69) is 0 Å². The molecule has 1 fully saturated rings. The summed E-state index contributed by atoms with van der Waals surface area (Å²) in [5.41, 5.74) is 4.79. The number of hydrogen-bond donors (Lipinski definition) is 0. The molecule has 1 unspecified atom stereocenters. The van der Waals surface area contributed by atoms with E-state index in [1.807, 2.05) is 79.8 Å². The maximum absolute atomic E-state index is 13.6. The molecular weight excluding hydrogens is 527 g/mol. The molecule has 1 aromatic heterocycles. The monoisotopic (exact) mass is 558 g/mol. The van der Waals surface area contributed by atoms with E-state index in [1.165, 1.54) is 18.2 Å². The van der Waals surface area contributed by atoms with Crippen molar-refractivity contribution in [3.8, 4) is 16.9 Å². The molecule has 0 N–H and O–H groups in total. The number of amides is 1. The van der Waals surface area contributed by atoms with Crippen LogP contribution in [0.4, 0.5) is 10.1 Å². The topological polar surface area (TPSA) is 75.5 Å². The first-order valence-corrected chi connectivity index (χ1v) is 14.9. The molecule has 0 aliphatic carbocycles. The van der Waals surface area contributed by atoms with Gasteiger partial charge in [-0.2, -0.15) is 5.10 Å². The molecule has 0 saturated carbocycles. The molecule has 1 aliphatic heterocycles. The molecule has 1 atom stereocenters. The second-order valence-corrected chi connectivity index (χ2v) is 12.4. The van der Waals surface area contributed by atoms with Gasteiger partial charge in [-0.15, -0.1) is 0 Å². The first-order valence-electron chi connectivity index (χ1n) is 13.0. The van der Waals surface area contributed by atoms with Crippen molar-refractivity contribution < 1.29 is 17.6 Å². The molecule has 1 aliphatic rings. The molecule has 7 nitrogen and oxygen atoms in total. The van der Waals surface area contributed by atoms with Crippen LogP contribution >= 0.6 is 0 Å². The zero-order chi connectivity index (χ0) is 28.3. The molecule has 0 radical (unpaired) electrons. The van der Waals surface area contributed by atoms with Gasteiger partial charge in [-0.25, -0.2) is 17.5 Å². The number of carbonyl (C=O) groups excluding carboxylic acids is 1. The summed E-state index contributed by atoms with van der Waals surface area (Å²) >= 11 is 0. The number of para-hydroxylation sites is 1. The van der Waals surface area contributed by atoms with Crippen LogP contribution in [0.25, 0.3) is 23.0 Å². The summed E-state index contributed by atoms with van der Waals surface area (Å²) in [6, 6.07) is 23.1. The zero-order valence-corrected chi connectivity index (χ0v) is 23.3. The lowest BCUT2D eigenvalue weighted by molar-refractivity contribution is -0.128. The Bertz CT molecular complexity index is 1610. The van der Waals surface area contributed by atoms with E-state index in [9.17, 15) is 17.6 Å². The van der Waals surface area contributed by atoms with Crippen molar-refractivity contribution >= 4 is 27.5 Å². The number of carbonyl (C=O) groups is 1. The number of benzene rings is 3. The largest absolute Gasteiger partial charge is 0.378 e. The third kappa shape index (κ3) is 6.31. The average Bonchev–Trinajstić information content (AvgIpc) is 3.54. The van der Waals surface area contributed by atoms with Gasteiger partial charge in [0.15, 0.2) is 9.84 Å². The lowest BCUT2D eigenvalue weighted by atomic mass is 10.1. The molecule has 2 heterocycles. The molecule has 206 valence electrons. The Morgan fingerprint density at radius 3 is 2.35 bits per heavy atom. The summed E-state index contributed by atoms with van der Waals surface area (Å²) in [5, 5.41) is 4.72. The highest BCUT2D eigenvalue weighted by atomic mass is 32.2. The number of halogens is 1. The van der Waals surface area contributed by atoms with E-state index in [0.717, 1.165) is 16.9 Å². The Hall–Kier alpha value is -4.24. The van der Waals surface area contributed by atoms with Crippen molar-refractivity contribution in [3.05, 3.63) is 108 Å². The summed E-state index contributed by atoms with van der Waals surface area (Å²) in [5.74, 6) is -0.603. The van der Waals surface area contributed by atoms with Gasteiger partial charge in [-0.1, -0.05) is 30.3 Å². The Morgan fingerprint density at radius 1 is 1.02 bits per heavy atom. The Labute approximate surface area is 234 Å². The van der Waals surface area contributed by atoms with Gasteiger partial charge in [0, 0.05) is 55.8 Å². The molecule has 40 heavy (non-hydrogen) atoms. The molecule has 0 bridgehead atoms. The number of hydrogen-bond acceptors (Lipinski definition) is 5. The number of rotatable bonds is 8. The lowest BCUT2D eigenvalue weighted by Crippen LogP contribution is -2.39. The first kappa shape index (κ1) is 27.3. The van der Waals surface area contributed by atoms with Crippen molar-refractivity contribution in [3.63, 3.8) is 0 Å². The van der Waals surface area contributed by atoms with Crippen molar-refractivity contribution in [2.75, 3.05) is 30.5 Å². The van der Waals surface area contributed by atoms with E-state index in [4.69, 9.17) is 5.10 Å². The van der Waals surface area contributed by atoms with Crippen LogP contribution in [0.5, 0.6) is 0 Å². The minimum Gasteiger partial charge on any atom is -0.378 e. The van der Waals surface area contributed by atoms with Crippen LogP contribution in [-0.2, 0) is 21.2 Å². The third-order valence-corrected chi connectivity index (χ3v) is 8.77. The van der Waals surface area contributed by atoms with Crippen LogP contribution in [0.15, 0.2) is 91.1 Å².